The summed E-state index contributed by atoms with van der Waals surface area (Å²) < 4.78 is 11.1. The van der Waals surface area contributed by atoms with E-state index in [1.54, 1.807) is 32.9 Å². The van der Waals surface area contributed by atoms with Crippen LogP contribution in [0.3, 0.4) is 0 Å². The molecule has 3 aromatic rings. The van der Waals surface area contributed by atoms with E-state index >= 15 is 0 Å². The monoisotopic (exact) mass is 659 g/mol. The summed E-state index contributed by atoms with van der Waals surface area (Å²) in [6.45, 7) is 12.3. The van der Waals surface area contributed by atoms with E-state index in [9.17, 15) is 24.3 Å². The number of fused-ring (bicyclic) bond motifs is 1. The van der Waals surface area contributed by atoms with Crippen molar-refractivity contribution < 1.29 is 33.8 Å². The van der Waals surface area contributed by atoms with Gasteiger partial charge in [-0.15, -0.1) is 13.2 Å². The molecular formula is C38H49N3O7. The third-order valence-electron chi connectivity index (χ3n) is 7.70. The van der Waals surface area contributed by atoms with E-state index in [0.717, 1.165) is 22.0 Å². The molecule has 1 heterocycles. The molecular weight excluding hydrogens is 610 g/mol. The van der Waals surface area contributed by atoms with Gasteiger partial charge in [-0.3, -0.25) is 19.2 Å². The lowest BCUT2D eigenvalue weighted by atomic mass is 9.97. The van der Waals surface area contributed by atoms with Crippen LogP contribution < -0.4 is 10.6 Å². The Morgan fingerprint density at radius 1 is 0.875 bits per heavy atom. The largest absolute Gasteiger partial charge is 0.463 e. The summed E-state index contributed by atoms with van der Waals surface area (Å²) in [5.41, 5.74) is 2.10. The zero-order valence-electron chi connectivity index (χ0n) is 28.2. The Morgan fingerprint density at radius 2 is 1.54 bits per heavy atom. The van der Waals surface area contributed by atoms with Gasteiger partial charge in [0.15, 0.2) is 0 Å². The van der Waals surface area contributed by atoms with Crippen LogP contribution in [0.25, 0.3) is 10.9 Å². The second-order valence-electron chi connectivity index (χ2n) is 13.0. The number of hydrogen-bond acceptors (Lipinski definition) is 7. The molecule has 1 aromatic heterocycles. The number of aromatic amines is 1. The van der Waals surface area contributed by atoms with E-state index in [2.05, 4.69) is 28.8 Å². The van der Waals surface area contributed by atoms with Crippen molar-refractivity contribution in [3.63, 3.8) is 0 Å². The van der Waals surface area contributed by atoms with Crippen LogP contribution in [0, 0.1) is 11.8 Å². The van der Waals surface area contributed by atoms with E-state index in [1.807, 2.05) is 60.8 Å². The Morgan fingerprint density at radius 3 is 2.21 bits per heavy atom. The number of rotatable bonds is 19. The van der Waals surface area contributed by atoms with E-state index in [4.69, 9.17) is 9.47 Å². The van der Waals surface area contributed by atoms with Gasteiger partial charge >= 0.3 is 11.9 Å². The molecule has 10 heteroatoms. The van der Waals surface area contributed by atoms with Crippen LogP contribution in [0.4, 0.5) is 0 Å². The van der Waals surface area contributed by atoms with Gasteiger partial charge in [0.25, 0.3) is 0 Å². The maximum atomic E-state index is 13.7. The Kier molecular flexibility index (Phi) is 14.6. The number of aliphatic hydroxyl groups is 1. The van der Waals surface area contributed by atoms with Gasteiger partial charge in [-0.05, 0) is 63.6 Å². The molecule has 4 N–H and O–H groups in total. The molecule has 10 nitrogen and oxygen atoms in total. The Balaban J connectivity index is 1.73. The standard InChI is InChI=1S/C38H49N3O7/c1-6-13-27(21-34(43)40-30(24-42)19-26-15-9-8-10-16-26)36(45)41-31(20-29-23-39-33-18-12-11-17-32(29)33)25-47-37(46)28(14-7-2)22-35(44)48-38(3,4)5/h6-12,15-18,23,27-28,30-31,39,42H,1-2,13-14,19-22,24-25H2,3-5H3,(H,40,43)(H,41,45)/t27-,28-,30+,31+/m0/s1. The minimum Gasteiger partial charge on any atom is -0.463 e. The molecule has 0 aliphatic rings. The van der Waals surface area contributed by atoms with Gasteiger partial charge < -0.3 is 30.2 Å². The molecule has 0 saturated heterocycles. The number of esters is 2. The number of para-hydroxylation sites is 1. The summed E-state index contributed by atoms with van der Waals surface area (Å²) in [4.78, 5) is 55.6. The van der Waals surface area contributed by atoms with Gasteiger partial charge in [-0.25, -0.2) is 0 Å². The number of aliphatic hydroxyl groups excluding tert-OH is 1. The fraction of sp³-hybridized carbons (Fsp3) is 0.421. The highest BCUT2D eigenvalue weighted by Crippen LogP contribution is 2.21. The number of nitrogens with one attached hydrogen (secondary N) is 3. The van der Waals surface area contributed by atoms with Crippen molar-refractivity contribution in [2.24, 2.45) is 11.8 Å². The predicted molar refractivity (Wildman–Crippen MR) is 186 cm³/mol. The van der Waals surface area contributed by atoms with Crippen molar-refractivity contribution >= 4 is 34.7 Å². The summed E-state index contributed by atoms with van der Waals surface area (Å²) in [6, 6.07) is 16.1. The number of amides is 2. The van der Waals surface area contributed by atoms with Gasteiger partial charge in [-0.2, -0.15) is 0 Å². The summed E-state index contributed by atoms with van der Waals surface area (Å²) in [6.07, 6.45) is 5.91. The van der Waals surface area contributed by atoms with E-state index in [0.29, 0.717) is 12.8 Å². The summed E-state index contributed by atoms with van der Waals surface area (Å²) in [5.74, 6) is -3.44. The molecule has 0 bridgehead atoms. The minimum absolute atomic E-state index is 0.125. The Labute approximate surface area is 283 Å². The van der Waals surface area contributed by atoms with Crippen molar-refractivity contribution in [2.45, 2.75) is 77.0 Å². The van der Waals surface area contributed by atoms with Gasteiger partial charge in [0, 0.05) is 23.5 Å². The highest BCUT2D eigenvalue weighted by molar-refractivity contribution is 5.87. The molecule has 0 unspecified atom stereocenters. The fourth-order valence-corrected chi connectivity index (χ4v) is 5.44. The Hall–Kier alpha value is -4.70. The predicted octanol–water partition coefficient (Wildman–Crippen LogP) is 4.96. The maximum Gasteiger partial charge on any atom is 0.309 e. The quantitative estimate of drug-likeness (QED) is 0.105. The summed E-state index contributed by atoms with van der Waals surface area (Å²) in [7, 11) is 0. The molecule has 2 aromatic carbocycles. The van der Waals surface area contributed by atoms with Crippen LogP contribution in [-0.4, -0.2) is 64.7 Å². The number of carbonyl (C=O) groups excluding carboxylic acids is 4. The van der Waals surface area contributed by atoms with Crippen molar-refractivity contribution in [3.05, 3.63) is 97.2 Å². The highest BCUT2D eigenvalue weighted by atomic mass is 16.6. The van der Waals surface area contributed by atoms with Crippen molar-refractivity contribution in [1.82, 2.24) is 15.6 Å². The van der Waals surface area contributed by atoms with Gasteiger partial charge in [0.2, 0.25) is 11.8 Å². The van der Waals surface area contributed by atoms with Crippen LogP contribution >= 0.6 is 0 Å². The van der Waals surface area contributed by atoms with Crippen LogP contribution in [0.5, 0.6) is 0 Å². The van der Waals surface area contributed by atoms with Crippen molar-refractivity contribution in [3.8, 4) is 0 Å². The zero-order valence-corrected chi connectivity index (χ0v) is 28.2. The van der Waals surface area contributed by atoms with E-state index in [-0.39, 0.29) is 44.8 Å². The number of benzene rings is 2. The second kappa shape index (κ2) is 18.6. The molecule has 258 valence electrons. The highest BCUT2D eigenvalue weighted by Gasteiger charge is 2.29. The first-order chi connectivity index (χ1) is 22.9. The first-order valence-electron chi connectivity index (χ1n) is 16.3. The average Bonchev–Trinajstić information content (AvgIpc) is 3.44. The van der Waals surface area contributed by atoms with Crippen molar-refractivity contribution in [2.75, 3.05) is 13.2 Å². The molecule has 0 aliphatic heterocycles. The number of carbonyl (C=O) groups is 4. The average molecular weight is 660 g/mol. The zero-order chi connectivity index (χ0) is 35.1. The molecule has 0 radical (unpaired) electrons. The van der Waals surface area contributed by atoms with Crippen LogP contribution in [-0.2, 0) is 41.5 Å². The number of aromatic nitrogens is 1. The van der Waals surface area contributed by atoms with Gasteiger partial charge in [-0.1, -0.05) is 60.7 Å². The fourth-order valence-electron chi connectivity index (χ4n) is 5.44. The molecule has 0 fully saturated rings. The Bertz CT molecular complexity index is 1530. The van der Waals surface area contributed by atoms with Crippen molar-refractivity contribution in [1.29, 1.82) is 0 Å². The first-order valence-corrected chi connectivity index (χ1v) is 16.3. The third kappa shape index (κ3) is 12.5. The number of ether oxygens (including phenoxy) is 2. The first kappa shape index (κ1) is 37.8. The van der Waals surface area contributed by atoms with E-state index < -0.39 is 47.4 Å². The molecule has 0 saturated carbocycles. The van der Waals surface area contributed by atoms with E-state index in [1.165, 1.54) is 0 Å². The molecule has 0 aliphatic carbocycles. The molecule has 3 rings (SSSR count). The molecule has 2 amide bonds. The normalized spacial score (nSPS) is 13.8. The summed E-state index contributed by atoms with van der Waals surface area (Å²) in [5, 5.41) is 16.7. The number of hydrogen-bond donors (Lipinski definition) is 4. The maximum absolute atomic E-state index is 13.7. The van der Waals surface area contributed by atoms with Gasteiger partial charge in [0.05, 0.1) is 36.9 Å². The third-order valence-corrected chi connectivity index (χ3v) is 7.70. The lowest BCUT2D eigenvalue weighted by Gasteiger charge is -2.24. The molecule has 4 atom stereocenters. The van der Waals surface area contributed by atoms with Gasteiger partial charge in [0.1, 0.15) is 12.2 Å². The summed E-state index contributed by atoms with van der Waals surface area (Å²) >= 11 is 0. The van der Waals surface area contributed by atoms with Crippen LogP contribution in [0.1, 0.15) is 57.6 Å². The second-order valence-corrected chi connectivity index (χ2v) is 13.0. The topological polar surface area (TPSA) is 147 Å². The number of H-pyrrole nitrogens is 1. The SMILES string of the molecule is C=CC[C@@H](CC(=O)N[C@@H](CO)Cc1ccccc1)C(=O)N[C@@H](COC(=O)[C@@H](CC=C)CC(=O)OC(C)(C)C)Cc1c[nH]c2ccccc12. The van der Waals surface area contributed by atoms with Crippen LogP contribution in [0.2, 0.25) is 0 Å². The number of allylic oxidation sites excluding steroid dienone is 2. The van der Waals surface area contributed by atoms with Crippen LogP contribution in [0.15, 0.2) is 86.1 Å². The molecule has 0 spiro atoms. The minimum atomic E-state index is -0.797. The lowest BCUT2D eigenvalue weighted by molar-refractivity contribution is -0.161. The lowest BCUT2D eigenvalue weighted by Crippen LogP contribution is -2.45. The molecule has 48 heavy (non-hydrogen) atoms. The smallest absolute Gasteiger partial charge is 0.309 e.